The highest BCUT2D eigenvalue weighted by Gasteiger charge is 2.35. The monoisotopic (exact) mass is 398 g/mol. The van der Waals surface area contributed by atoms with Crippen molar-refractivity contribution in [3.05, 3.63) is 52.6 Å². The lowest BCUT2D eigenvalue weighted by Gasteiger charge is -2.20. The summed E-state index contributed by atoms with van der Waals surface area (Å²) in [5.41, 5.74) is 0.860. The Balaban J connectivity index is 1.90. The summed E-state index contributed by atoms with van der Waals surface area (Å²) in [6.45, 7) is 7.86. The number of carbonyl (C=O) groups excluding carboxylic acids is 1. The fraction of sp³-hybridized carbons (Fsp3) is 0.286. The molecule has 1 aromatic heterocycles. The van der Waals surface area contributed by atoms with Crippen molar-refractivity contribution < 1.29 is 19.1 Å². The summed E-state index contributed by atoms with van der Waals surface area (Å²) in [7, 11) is 0. The van der Waals surface area contributed by atoms with Gasteiger partial charge in [-0.3, -0.25) is 14.7 Å². The minimum Gasteiger partial charge on any atom is -0.478 e. The van der Waals surface area contributed by atoms with Crippen molar-refractivity contribution in [2.24, 2.45) is 4.99 Å². The molecule has 7 heteroatoms. The second kappa shape index (κ2) is 8.06. The molecule has 0 aliphatic carbocycles. The second-order valence-electron chi connectivity index (χ2n) is 6.97. The van der Waals surface area contributed by atoms with Crippen LogP contribution in [0.5, 0.6) is 0 Å². The molecule has 0 radical (unpaired) electrons. The Labute approximate surface area is 167 Å². The zero-order chi connectivity index (χ0) is 20.4. The van der Waals surface area contributed by atoms with E-state index in [9.17, 15) is 9.59 Å². The van der Waals surface area contributed by atoms with Crippen molar-refractivity contribution in [1.29, 1.82) is 0 Å². The lowest BCUT2D eigenvalue weighted by atomic mass is 10.1. The molecule has 0 bridgehead atoms. The predicted molar refractivity (Wildman–Crippen MR) is 111 cm³/mol. The zero-order valence-electron chi connectivity index (χ0n) is 16.2. The maximum Gasteiger partial charge on any atom is 0.335 e. The topological polar surface area (TPSA) is 83.1 Å². The molecule has 1 saturated heterocycles. The Morgan fingerprint density at radius 2 is 1.96 bits per heavy atom. The first-order chi connectivity index (χ1) is 13.3. The molecule has 0 saturated carbocycles. The van der Waals surface area contributed by atoms with Gasteiger partial charge in [0.1, 0.15) is 11.5 Å². The highest BCUT2D eigenvalue weighted by Crippen LogP contribution is 2.35. The number of nitrogens with zero attached hydrogens (tertiary/aromatic N) is 2. The van der Waals surface area contributed by atoms with E-state index in [-0.39, 0.29) is 23.6 Å². The molecule has 1 amide bonds. The van der Waals surface area contributed by atoms with Crippen molar-refractivity contribution in [3.8, 4) is 11.3 Å². The average Bonchev–Trinajstić information content (AvgIpc) is 3.20. The van der Waals surface area contributed by atoms with Gasteiger partial charge < -0.3 is 9.52 Å². The number of amides is 1. The normalized spacial score (nSPS) is 17.5. The van der Waals surface area contributed by atoms with Crippen molar-refractivity contribution in [3.63, 3.8) is 0 Å². The first-order valence-electron chi connectivity index (χ1n) is 9.00. The molecule has 1 aliphatic rings. The number of thioether (sulfide) groups is 1. The van der Waals surface area contributed by atoms with E-state index >= 15 is 0 Å². The summed E-state index contributed by atoms with van der Waals surface area (Å²) in [6.07, 6.45) is 1.70. The van der Waals surface area contributed by atoms with Crippen LogP contribution in [-0.4, -0.2) is 39.1 Å². The first-order valence-corrected chi connectivity index (χ1v) is 9.82. The van der Waals surface area contributed by atoms with E-state index in [1.54, 1.807) is 41.3 Å². The minimum absolute atomic E-state index is 0.00863. The molecule has 2 aromatic rings. The van der Waals surface area contributed by atoms with Gasteiger partial charge in [-0.15, -0.1) is 0 Å². The molecular formula is C21H22N2O4S. The highest BCUT2D eigenvalue weighted by atomic mass is 32.2. The number of hydrogen-bond donors (Lipinski definition) is 1. The van der Waals surface area contributed by atoms with Crippen LogP contribution in [0.25, 0.3) is 17.4 Å². The summed E-state index contributed by atoms with van der Waals surface area (Å²) in [4.78, 5) is 30.7. The van der Waals surface area contributed by atoms with Gasteiger partial charge in [-0.25, -0.2) is 4.79 Å². The lowest BCUT2D eigenvalue weighted by Crippen LogP contribution is -2.35. The van der Waals surface area contributed by atoms with Crippen LogP contribution >= 0.6 is 11.8 Å². The van der Waals surface area contributed by atoms with Crippen LogP contribution in [0.15, 0.2) is 50.7 Å². The second-order valence-corrected chi connectivity index (χ2v) is 7.98. The average molecular weight is 398 g/mol. The molecule has 1 fully saturated rings. The molecule has 6 nitrogen and oxygen atoms in total. The largest absolute Gasteiger partial charge is 0.478 e. The number of aromatic carboxylic acids is 1. The quantitative estimate of drug-likeness (QED) is 0.736. The van der Waals surface area contributed by atoms with Crippen LogP contribution in [0.3, 0.4) is 0 Å². The van der Waals surface area contributed by atoms with Crippen LogP contribution in [0, 0.1) is 0 Å². The SMILES string of the molecule is CC(C)N=C1S/C(=C\c2ccc(-c3cccc(C(=O)O)c3)o2)C(=O)N1C(C)C. The number of hydrogen-bond acceptors (Lipinski definition) is 5. The molecule has 1 aromatic carbocycles. The van der Waals surface area contributed by atoms with E-state index in [2.05, 4.69) is 4.99 Å². The number of aliphatic imine (C=N–C) groups is 1. The fourth-order valence-corrected chi connectivity index (χ4v) is 3.99. The van der Waals surface area contributed by atoms with E-state index < -0.39 is 5.97 Å². The fourth-order valence-electron chi connectivity index (χ4n) is 2.77. The van der Waals surface area contributed by atoms with E-state index in [1.165, 1.54) is 17.8 Å². The standard InChI is InChI=1S/C21H22N2O4S/c1-12(2)22-21-23(13(3)4)19(24)18(28-21)11-16-8-9-17(27-16)14-6-5-7-15(10-14)20(25)26/h5-13H,1-4H3,(H,25,26)/b18-11-,22-21?. The first kappa shape index (κ1) is 19.9. The molecule has 0 unspecified atom stereocenters. The molecule has 0 spiro atoms. The van der Waals surface area contributed by atoms with Crippen molar-refractivity contribution in [1.82, 2.24) is 4.90 Å². The van der Waals surface area contributed by atoms with Crippen LogP contribution in [0.1, 0.15) is 43.8 Å². The van der Waals surface area contributed by atoms with Gasteiger partial charge in [0.05, 0.1) is 10.5 Å². The smallest absolute Gasteiger partial charge is 0.335 e. The van der Waals surface area contributed by atoms with Crippen molar-refractivity contribution in [2.45, 2.75) is 39.8 Å². The van der Waals surface area contributed by atoms with Gasteiger partial charge in [0.25, 0.3) is 5.91 Å². The number of carbonyl (C=O) groups is 2. The maximum atomic E-state index is 12.8. The van der Waals surface area contributed by atoms with Crippen molar-refractivity contribution in [2.75, 3.05) is 0 Å². The minimum atomic E-state index is -0.991. The van der Waals surface area contributed by atoms with E-state index in [1.807, 2.05) is 27.7 Å². The van der Waals surface area contributed by atoms with E-state index in [0.29, 0.717) is 27.2 Å². The Morgan fingerprint density at radius 3 is 2.61 bits per heavy atom. The maximum absolute atomic E-state index is 12.8. The van der Waals surface area contributed by atoms with Crippen LogP contribution in [0.2, 0.25) is 0 Å². The number of furan rings is 1. The van der Waals surface area contributed by atoms with Crippen LogP contribution in [-0.2, 0) is 4.79 Å². The van der Waals surface area contributed by atoms with Gasteiger partial charge in [-0.2, -0.15) is 0 Å². The van der Waals surface area contributed by atoms with Gasteiger partial charge in [-0.1, -0.05) is 12.1 Å². The Kier molecular flexibility index (Phi) is 5.74. The predicted octanol–water partition coefficient (Wildman–Crippen LogP) is 4.73. The number of rotatable bonds is 5. The van der Waals surface area contributed by atoms with Crippen LogP contribution < -0.4 is 0 Å². The Bertz CT molecular complexity index is 972. The molecule has 146 valence electrons. The van der Waals surface area contributed by atoms with Gasteiger partial charge in [-0.05, 0) is 63.7 Å². The summed E-state index contributed by atoms with van der Waals surface area (Å²) in [6, 6.07) is 10.2. The summed E-state index contributed by atoms with van der Waals surface area (Å²) < 4.78 is 5.83. The van der Waals surface area contributed by atoms with Gasteiger partial charge in [0.2, 0.25) is 0 Å². The van der Waals surface area contributed by atoms with Crippen LogP contribution in [0.4, 0.5) is 0 Å². The summed E-state index contributed by atoms with van der Waals surface area (Å²) in [5, 5.41) is 9.84. The molecule has 2 heterocycles. The zero-order valence-corrected chi connectivity index (χ0v) is 17.0. The molecule has 0 atom stereocenters. The van der Waals surface area contributed by atoms with Gasteiger partial charge in [0.15, 0.2) is 5.17 Å². The number of amidine groups is 1. The molecular weight excluding hydrogens is 376 g/mol. The molecule has 1 N–H and O–H groups in total. The van der Waals surface area contributed by atoms with E-state index in [0.717, 1.165) is 0 Å². The molecule has 28 heavy (non-hydrogen) atoms. The number of carboxylic acids is 1. The molecule has 3 rings (SSSR count). The lowest BCUT2D eigenvalue weighted by molar-refractivity contribution is -0.123. The summed E-state index contributed by atoms with van der Waals surface area (Å²) in [5.74, 6) is -0.0112. The van der Waals surface area contributed by atoms with Gasteiger partial charge >= 0.3 is 5.97 Å². The third-order valence-corrected chi connectivity index (χ3v) is 5.01. The summed E-state index contributed by atoms with van der Waals surface area (Å²) >= 11 is 1.34. The third kappa shape index (κ3) is 4.20. The Morgan fingerprint density at radius 1 is 1.21 bits per heavy atom. The van der Waals surface area contributed by atoms with Crippen molar-refractivity contribution >= 4 is 34.9 Å². The number of carboxylic acid groups (broad SMARTS) is 1. The van der Waals surface area contributed by atoms with Gasteiger partial charge in [0, 0.05) is 23.7 Å². The highest BCUT2D eigenvalue weighted by molar-refractivity contribution is 8.18. The molecule has 1 aliphatic heterocycles. The Hall–Kier alpha value is -2.80. The van der Waals surface area contributed by atoms with E-state index in [4.69, 9.17) is 9.52 Å². The third-order valence-electron chi connectivity index (χ3n) is 4.02. The number of benzene rings is 1.